The number of carbonyl (C=O) groups is 1. The Kier molecular flexibility index (Phi) is 4.41. The van der Waals surface area contributed by atoms with Gasteiger partial charge in [0.25, 0.3) is 0 Å². The van der Waals surface area contributed by atoms with Crippen LogP contribution in [0.2, 0.25) is 0 Å². The number of rotatable bonds is 5. The molecule has 1 aromatic heterocycles. The van der Waals surface area contributed by atoms with Crippen molar-refractivity contribution >= 4 is 17.7 Å². The standard InChI is InChI=1S/C14H13NO3S/c1-18-11-4-7-13(15-9-11)19-12-5-2-10(3-6-12)8-14(16)17/h2-7,9H,8H2,1H3,(H,16,17). The number of benzene rings is 1. The van der Waals surface area contributed by atoms with E-state index in [9.17, 15) is 4.79 Å². The molecule has 0 aliphatic heterocycles. The van der Waals surface area contributed by atoms with Crippen molar-refractivity contribution in [1.82, 2.24) is 4.98 Å². The maximum absolute atomic E-state index is 10.6. The SMILES string of the molecule is COc1ccc(Sc2ccc(CC(=O)O)cc2)nc1. The first-order chi connectivity index (χ1) is 9.17. The van der Waals surface area contributed by atoms with E-state index >= 15 is 0 Å². The zero-order valence-electron chi connectivity index (χ0n) is 10.4. The minimum absolute atomic E-state index is 0.0474. The lowest BCUT2D eigenvalue weighted by molar-refractivity contribution is -0.136. The van der Waals surface area contributed by atoms with E-state index in [1.54, 1.807) is 13.3 Å². The molecule has 0 atom stereocenters. The minimum Gasteiger partial charge on any atom is -0.495 e. The maximum Gasteiger partial charge on any atom is 0.307 e. The summed E-state index contributed by atoms with van der Waals surface area (Å²) in [5.41, 5.74) is 0.791. The van der Waals surface area contributed by atoms with Gasteiger partial charge in [0.1, 0.15) is 10.8 Å². The number of hydrogen-bond donors (Lipinski definition) is 1. The molecule has 0 bridgehead atoms. The molecule has 19 heavy (non-hydrogen) atoms. The van der Waals surface area contributed by atoms with Crippen LogP contribution < -0.4 is 4.74 Å². The Morgan fingerprint density at radius 3 is 2.53 bits per heavy atom. The Labute approximate surface area is 115 Å². The average Bonchev–Trinajstić information content (AvgIpc) is 2.41. The molecule has 0 spiro atoms. The molecule has 0 unspecified atom stereocenters. The lowest BCUT2D eigenvalue weighted by atomic mass is 10.2. The van der Waals surface area contributed by atoms with Gasteiger partial charge in [0.15, 0.2) is 0 Å². The molecule has 1 heterocycles. The van der Waals surface area contributed by atoms with Crippen LogP contribution in [0.15, 0.2) is 52.5 Å². The van der Waals surface area contributed by atoms with Crippen LogP contribution in [0.25, 0.3) is 0 Å². The van der Waals surface area contributed by atoms with Crippen LogP contribution in [-0.4, -0.2) is 23.2 Å². The van der Waals surface area contributed by atoms with Crippen LogP contribution >= 0.6 is 11.8 Å². The molecule has 0 aliphatic carbocycles. The highest BCUT2D eigenvalue weighted by Gasteiger charge is 2.02. The molecule has 2 rings (SSSR count). The molecule has 0 radical (unpaired) electrons. The van der Waals surface area contributed by atoms with Crippen molar-refractivity contribution in [3.05, 3.63) is 48.2 Å². The summed E-state index contributed by atoms with van der Waals surface area (Å²) in [5.74, 6) is -0.0987. The molecule has 1 N–H and O–H groups in total. The van der Waals surface area contributed by atoms with E-state index in [2.05, 4.69) is 4.98 Å². The quantitative estimate of drug-likeness (QED) is 0.909. The van der Waals surface area contributed by atoms with Crippen molar-refractivity contribution in [1.29, 1.82) is 0 Å². The number of aliphatic carboxylic acids is 1. The summed E-state index contributed by atoms with van der Waals surface area (Å²) in [5, 5.41) is 9.56. The van der Waals surface area contributed by atoms with Crippen molar-refractivity contribution in [3.8, 4) is 5.75 Å². The zero-order valence-corrected chi connectivity index (χ0v) is 11.2. The van der Waals surface area contributed by atoms with Gasteiger partial charge in [-0.25, -0.2) is 4.98 Å². The molecule has 4 nitrogen and oxygen atoms in total. The van der Waals surface area contributed by atoms with Gasteiger partial charge >= 0.3 is 5.97 Å². The Hall–Kier alpha value is -2.01. The van der Waals surface area contributed by atoms with E-state index in [0.29, 0.717) is 0 Å². The summed E-state index contributed by atoms with van der Waals surface area (Å²) < 4.78 is 5.04. The lowest BCUT2D eigenvalue weighted by Crippen LogP contribution is -1.99. The number of carboxylic acids is 1. The molecule has 2 aromatic rings. The van der Waals surface area contributed by atoms with Gasteiger partial charge in [0, 0.05) is 4.90 Å². The second-order valence-corrected chi connectivity index (χ2v) is 4.95. The molecule has 0 amide bonds. The van der Waals surface area contributed by atoms with E-state index in [4.69, 9.17) is 9.84 Å². The van der Waals surface area contributed by atoms with Gasteiger partial charge in [-0.05, 0) is 29.8 Å². The number of ether oxygens (including phenoxy) is 1. The fourth-order valence-corrected chi connectivity index (χ4v) is 2.27. The molecule has 0 saturated heterocycles. The number of methoxy groups -OCH3 is 1. The van der Waals surface area contributed by atoms with Crippen molar-refractivity contribution in [2.75, 3.05) is 7.11 Å². The second kappa shape index (κ2) is 6.24. The molecule has 0 fully saturated rings. The van der Waals surface area contributed by atoms with E-state index in [-0.39, 0.29) is 6.42 Å². The van der Waals surface area contributed by atoms with Crippen molar-refractivity contribution in [2.24, 2.45) is 0 Å². The first-order valence-electron chi connectivity index (χ1n) is 5.66. The number of hydrogen-bond acceptors (Lipinski definition) is 4. The van der Waals surface area contributed by atoms with Crippen LogP contribution in [0, 0.1) is 0 Å². The smallest absolute Gasteiger partial charge is 0.307 e. The van der Waals surface area contributed by atoms with Gasteiger partial charge in [-0.15, -0.1) is 0 Å². The zero-order chi connectivity index (χ0) is 13.7. The maximum atomic E-state index is 10.6. The third-order valence-corrected chi connectivity index (χ3v) is 3.40. The molecule has 0 aliphatic rings. The van der Waals surface area contributed by atoms with Gasteiger partial charge in [-0.2, -0.15) is 0 Å². The predicted octanol–water partition coefficient (Wildman–Crippen LogP) is 2.87. The van der Waals surface area contributed by atoms with Crippen molar-refractivity contribution < 1.29 is 14.6 Å². The minimum atomic E-state index is -0.822. The molecular formula is C14H13NO3S. The largest absolute Gasteiger partial charge is 0.495 e. The van der Waals surface area contributed by atoms with Crippen LogP contribution in [0.1, 0.15) is 5.56 Å². The Balaban J connectivity index is 2.04. The number of pyridine rings is 1. The van der Waals surface area contributed by atoms with Crippen molar-refractivity contribution in [3.63, 3.8) is 0 Å². The highest BCUT2D eigenvalue weighted by molar-refractivity contribution is 7.99. The normalized spacial score (nSPS) is 10.2. The number of carboxylic acid groups (broad SMARTS) is 1. The molecular weight excluding hydrogens is 262 g/mol. The van der Waals surface area contributed by atoms with Crippen LogP contribution in [0.4, 0.5) is 0 Å². The third kappa shape index (κ3) is 3.99. The van der Waals surface area contributed by atoms with Crippen LogP contribution in [-0.2, 0) is 11.2 Å². The van der Waals surface area contributed by atoms with Crippen molar-refractivity contribution in [2.45, 2.75) is 16.3 Å². The van der Waals surface area contributed by atoms with E-state index in [1.165, 1.54) is 11.8 Å². The Morgan fingerprint density at radius 1 is 1.26 bits per heavy atom. The second-order valence-electron chi connectivity index (χ2n) is 3.85. The molecule has 5 heteroatoms. The fraction of sp³-hybridized carbons (Fsp3) is 0.143. The first kappa shape index (κ1) is 13.4. The van der Waals surface area contributed by atoms with Gasteiger partial charge < -0.3 is 9.84 Å². The van der Waals surface area contributed by atoms with Gasteiger partial charge in [-0.3, -0.25) is 4.79 Å². The fourth-order valence-electron chi connectivity index (χ4n) is 1.52. The van der Waals surface area contributed by atoms with E-state index in [0.717, 1.165) is 21.2 Å². The summed E-state index contributed by atoms with van der Waals surface area (Å²) >= 11 is 1.52. The first-order valence-corrected chi connectivity index (χ1v) is 6.47. The summed E-state index contributed by atoms with van der Waals surface area (Å²) in [4.78, 5) is 15.9. The Morgan fingerprint density at radius 2 is 2.00 bits per heavy atom. The van der Waals surface area contributed by atoms with Crippen LogP contribution in [0.5, 0.6) is 5.75 Å². The summed E-state index contributed by atoms with van der Waals surface area (Å²) in [7, 11) is 1.60. The lowest BCUT2D eigenvalue weighted by Gasteiger charge is -2.03. The summed E-state index contributed by atoms with van der Waals surface area (Å²) in [6.45, 7) is 0. The number of aromatic nitrogens is 1. The predicted molar refractivity (Wildman–Crippen MR) is 72.7 cm³/mol. The Bertz CT molecular complexity index is 552. The average molecular weight is 275 g/mol. The highest BCUT2D eigenvalue weighted by atomic mass is 32.2. The topological polar surface area (TPSA) is 59.4 Å². The molecule has 1 aromatic carbocycles. The monoisotopic (exact) mass is 275 g/mol. The van der Waals surface area contributed by atoms with Gasteiger partial charge in [0.05, 0.1) is 19.7 Å². The third-order valence-electron chi connectivity index (χ3n) is 2.45. The van der Waals surface area contributed by atoms with Gasteiger partial charge in [-0.1, -0.05) is 23.9 Å². The van der Waals surface area contributed by atoms with E-state index < -0.39 is 5.97 Å². The van der Waals surface area contributed by atoms with E-state index in [1.807, 2.05) is 36.4 Å². The molecule has 98 valence electrons. The number of nitrogens with zero attached hydrogens (tertiary/aromatic N) is 1. The van der Waals surface area contributed by atoms with Gasteiger partial charge in [0.2, 0.25) is 0 Å². The summed E-state index contributed by atoms with van der Waals surface area (Å²) in [6.07, 6.45) is 1.72. The summed E-state index contributed by atoms with van der Waals surface area (Å²) in [6, 6.07) is 11.2. The van der Waals surface area contributed by atoms with Crippen LogP contribution in [0.3, 0.4) is 0 Å². The molecule has 0 saturated carbocycles. The highest BCUT2D eigenvalue weighted by Crippen LogP contribution is 2.27.